The predicted molar refractivity (Wildman–Crippen MR) is 134 cm³/mol. The van der Waals surface area contributed by atoms with Crippen molar-refractivity contribution in [2.24, 2.45) is 52.3 Å². The van der Waals surface area contributed by atoms with Crippen molar-refractivity contribution in [3.8, 4) is 0 Å². The topological polar surface area (TPSA) is 38.7 Å². The first kappa shape index (κ1) is 24.6. The number of aliphatic hydroxyl groups is 1. The van der Waals surface area contributed by atoms with Crippen LogP contribution >= 0.6 is 0 Å². The Kier molecular flexibility index (Phi) is 6.31. The summed E-state index contributed by atoms with van der Waals surface area (Å²) in [6.07, 6.45) is 13.6. The number of hydrogen-bond acceptors (Lipinski definition) is 3. The van der Waals surface area contributed by atoms with E-state index < -0.39 is 11.4 Å². The molecule has 3 heteroatoms. The lowest BCUT2D eigenvalue weighted by Gasteiger charge is -2.67. The van der Waals surface area contributed by atoms with E-state index in [-0.39, 0.29) is 5.41 Å². The van der Waals surface area contributed by atoms with Gasteiger partial charge in [0.15, 0.2) is 5.79 Å². The Bertz CT molecular complexity index is 713. The number of ether oxygens (including phenoxy) is 2. The molecule has 1 aliphatic heterocycles. The summed E-state index contributed by atoms with van der Waals surface area (Å²) < 4.78 is 12.2. The van der Waals surface area contributed by atoms with Crippen molar-refractivity contribution in [3.63, 3.8) is 0 Å². The Morgan fingerprint density at radius 1 is 0.909 bits per heavy atom. The smallest absolute Gasteiger partial charge is 0.171 e. The fourth-order valence-corrected chi connectivity index (χ4v) is 10.4. The van der Waals surface area contributed by atoms with Crippen LogP contribution in [0.3, 0.4) is 0 Å². The second-order valence-corrected chi connectivity index (χ2v) is 14.2. The molecule has 5 fully saturated rings. The third-order valence-corrected chi connectivity index (χ3v) is 12.3. The van der Waals surface area contributed by atoms with Gasteiger partial charge in [-0.25, -0.2) is 0 Å². The Morgan fingerprint density at radius 2 is 1.64 bits per heavy atom. The van der Waals surface area contributed by atoms with Crippen LogP contribution in [0.4, 0.5) is 0 Å². The van der Waals surface area contributed by atoms with Gasteiger partial charge in [-0.15, -0.1) is 0 Å². The van der Waals surface area contributed by atoms with Gasteiger partial charge in [-0.05, 0) is 85.4 Å². The maximum atomic E-state index is 12.3. The van der Waals surface area contributed by atoms with Crippen LogP contribution in [0.25, 0.3) is 0 Å². The Balaban J connectivity index is 1.35. The normalized spacial score (nSPS) is 49.6. The summed E-state index contributed by atoms with van der Waals surface area (Å²) in [6.45, 7) is 16.1. The lowest BCUT2D eigenvalue weighted by atomic mass is 9.40. The van der Waals surface area contributed by atoms with Gasteiger partial charge in [0.2, 0.25) is 0 Å². The van der Waals surface area contributed by atoms with Gasteiger partial charge in [-0.3, -0.25) is 0 Å². The average Bonchev–Trinajstić information content (AvgIpc) is 3.34. The molecule has 0 aromatic heterocycles. The summed E-state index contributed by atoms with van der Waals surface area (Å²) in [4.78, 5) is 0. The van der Waals surface area contributed by atoms with Gasteiger partial charge in [0.05, 0.1) is 18.8 Å². The minimum Gasteiger partial charge on any atom is -0.389 e. The third-order valence-electron chi connectivity index (χ3n) is 12.3. The molecule has 1 N–H and O–H groups in total. The highest BCUT2D eigenvalue weighted by Crippen LogP contribution is 2.71. The van der Waals surface area contributed by atoms with Crippen molar-refractivity contribution in [3.05, 3.63) is 0 Å². The lowest BCUT2D eigenvalue weighted by Crippen LogP contribution is -2.68. The standard InChI is InChI=1S/C30H52O3/c1-20(2)8-7-9-21(3)24-10-11-25-23-18-22(4)30(31)19-29(32-16-17-33-29)15-14-28(30,6)26(23)12-13-27(24,25)5/h20-26,31H,7-19H2,1-6H3/t21-,22-,23+,24-,25+,26+,27-,28-,30+/m1/s1. The van der Waals surface area contributed by atoms with E-state index in [1.807, 2.05) is 0 Å². The van der Waals surface area contributed by atoms with E-state index in [9.17, 15) is 5.11 Å². The molecular weight excluding hydrogens is 408 g/mol. The lowest BCUT2D eigenvalue weighted by molar-refractivity contribution is -0.300. The van der Waals surface area contributed by atoms with Gasteiger partial charge in [-0.2, -0.15) is 0 Å². The minimum atomic E-state index is -0.660. The third kappa shape index (κ3) is 3.69. The summed E-state index contributed by atoms with van der Waals surface area (Å²) in [5, 5.41) is 12.3. The summed E-state index contributed by atoms with van der Waals surface area (Å²) >= 11 is 0. The van der Waals surface area contributed by atoms with Gasteiger partial charge in [-0.1, -0.05) is 60.8 Å². The molecule has 9 atom stereocenters. The molecule has 0 unspecified atom stereocenters. The molecule has 3 nitrogen and oxygen atoms in total. The van der Waals surface area contributed by atoms with Crippen molar-refractivity contribution < 1.29 is 14.6 Å². The molecule has 1 spiro atoms. The molecule has 0 radical (unpaired) electrons. The highest BCUT2D eigenvalue weighted by atomic mass is 16.7. The van der Waals surface area contributed by atoms with E-state index in [0.717, 1.165) is 42.4 Å². The molecule has 0 aromatic rings. The number of rotatable bonds is 5. The van der Waals surface area contributed by atoms with Crippen LogP contribution in [-0.4, -0.2) is 29.7 Å². The van der Waals surface area contributed by atoms with Crippen LogP contribution in [0.1, 0.15) is 112 Å². The van der Waals surface area contributed by atoms with Crippen LogP contribution in [0.5, 0.6) is 0 Å². The van der Waals surface area contributed by atoms with Gasteiger partial charge in [0.25, 0.3) is 0 Å². The molecule has 4 aliphatic carbocycles. The molecule has 190 valence electrons. The molecule has 1 heterocycles. The van der Waals surface area contributed by atoms with Crippen molar-refractivity contribution in [1.29, 1.82) is 0 Å². The maximum Gasteiger partial charge on any atom is 0.171 e. The average molecular weight is 461 g/mol. The van der Waals surface area contributed by atoms with Crippen molar-refractivity contribution in [2.75, 3.05) is 13.2 Å². The van der Waals surface area contributed by atoms with E-state index in [1.165, 1.54) is 51.4 Å². The van der Waals surface area contributed by atoms with Crippen molar-refractivity contribution in [1.82, 2.24) is 0 Å². The molecule has 33 heavy (non-hydrogen) atoms. The Morgan fingerprint density at radius 3 is 2.33 bits per heavy atom. The first-order chi connectivity index (χ1) is 15.5. The zero-order chi connectivity index (χ0) is 23.6. The van der Waals surface area contributed by atoms with Crippen LogP contribution in [0.15, 0.2) is 0 Å². The maximum absolute atomic E-state index is 12.3. The summed E-state index contributed by atoms with van der Waals surface area (Å²) in [7, 11) is 0. The summed E-state index contributed by atoms with van der Waals surface area (Å²) in [5.41, 5.74) is -0.150. The quantitative estimate of drug-likeness (QED) is 0.471. The first-order valence-corrected chi connectivity index (χ1v) is 14.5. The van der Waals surface area contributed by atoms with E-state index in [1.54, 1.807) is 0 Å². The van der Waals surface area contributed by atoms with Crippen LogP contribution in [0.2, 0.25) is 0 Å². The SMILES string of the molecule is CC(C)CCC[C@@H](C)[C@H]1CC[C@H]2[C@@H]3C[C@@H](C)[C@@]4(O)CC5(CC[C@]4(C)[C@H]3CC[C@]12C)OCCO5. The van der Waals surface area contributed by atoms with Gasteiger partial charge < -0.3 is 14.6 Å². The fraction of sp³-hybridized carbons (Fsp3) is 1.00. The first-order valence-electron chi connectivity index (χ1n) is 14.5. The van der Waals surface area contributed by atoms with E-state index in [0.29, 0.717) is 36.9 Å². The van der Waals surface area contributed by atoms with Crippen LogP contribution in [-0.2, 0) is 9.47 Å². The van der Waals surface area contributed by atoms with Gasteiger partial charge in [0, 0.05) is 18.3 Å². The molecule has 1 saturated heterocycles. The van der Waals surface area contributed by atoms with Gasteiger partial charge >= 0.3 is 0 Å². The molecule has 4 saturated carbocycles. The molecular formula is C30H52O3. The molecule has 0 amide bonds. The van der Waals surface area contributed by atoms with Crippen LogP contribution in [0, 0.1) is 52.3 Å². The van der Waals surface area contributed by atoms with Crippen LogP contribution < -0.4 is 0 Å². The monoisotopic (exact) mass is 460 g/mol. The van der Waals surface area contributed by atoms with E-state index in [2.05, 4.69) is 41.5 Å². The largest absolute Gasteiger partial charge is 0.389 e. The zero-order valence-electron chi connectivity index (χ0n) is 22.5. The molecule has 0 bridgehead atoms. The fourth-order valence-electron chi connectivity index (χ4n) is 10.4. The molecule has 5 rings (SSSR count). The van der Waals surface area contributed by atoms with Gasteiger partial charge in [0.1, 0.15) is 0 Å². The summed E-state index contributed by atoms with van der Waals surface area (Å²) in [5.74, 6) is 4.69. The minimum absolute atomic E-state index is 0.00180. The van der Waals surface area contributed by atoms with E-state index >= 15 is 0 Å². The zero-order valence-corrected chi connectivity index (χ0v) is 22.5. The number of fused-ring (bicyclic) bond motifs is 5. The Labute approximate surface area is 203 Å². The van der Waals surface area contributed by atoms with Crippen molar-refractivity contribution >= 4 is 0 Å². The second-order valence-electron chi connectivity index (χ2n) is 14.2. The number of hydrogen-bond donors (Lipinski definition) is 1. The summed E-state index contributed by atoms with van der Waals surface area (Å²) in [6, 6.07) is 0. The molecule has 5 aliphatic rings. The molecule has 0 aromatic carbocycles. The highest BCUT2D eigenvalue weighted by Gasteiger charge is 2.69. The van der Waals surface area contributed by atoms with E-state index in [4.69, 9.17) is 9.47 Å². The van der Waals surface area contributed by atoms with Crippen molar-refractivity contribution in [2.45, 2.75) is 124 Å². The highest BCUT2D eigenvalue weighted by molar-refractivity contribution is 5.17. The Hall–Kier alpha value is -0.120. The predicted octanol–water partition coefficient (Wildman–Crippen LogP) is 7.21. The second kappa shape index (κ2) is 8.48.